The molecule has 0 spiro atoms. The van der Waals surface area contributed by atoms with Gasteiger partial charge in [0.05, 0.1) is 6.10 Å². The van der Waals surface area contributed by atoms with Crippen molar-refractivity contribution in [3.63, 3.8) is 0 Å². The van der Waals surface area contributed by atoms with E-state index in [1.54, 1.807) is 13.2 Å². The van der Waals surface area contributed by atoms with Crippen molar-refractivity contribution >= 4 is 5.97 Å². The van der Waals surface area contributed by atoms with Crippen molar-refractivity contribution in [1.29, 1.82) is 0 Å². The fourth-order valence-corrected chi connectivity index (χ4v) is 2.06. The van der Waals surface area contributed by atoms with Gasteiger partial charge in [0, 0.05) is 19.1 Å². The van der Waals surface area contributed by atoms with Gasteiger partial charge >= 0.3 is 5.97 Å². The molecule has 1 aromatic carbocycles. The molecule has 1 rings (SSSR count). The zero-order valence-corrected chi connectivity index (χ0v) is 14.0. The number of carboxylic acid groups (broad SMARTS) is 1. The van der Waals surface area contributed by atoms with E-state index in [-0.39, 0.29) is 12.0 Å². The second-order valence-corrected chi connectivity index (χ2v) is 5.01. The lowest BCUT2D eigenvalue weighted by Crippen LogP contribution is -2.10. The molecule has 0 bridgehead atoms. The van der Waals surface area contributed by atoms with Crippen LogP contribution >= 0.6 is 0 Å². The molecule has 4 heteroatoms. The molecule has 2 atom stereocenters. The van der Waals surface area contributed by atoms with Crippen LogP contribution in [0.3, 0.4) is 0 Å². The van der Waals surface area contributed by atoms with Gasteiger partial charge in [-0.05, 0) is 26.6 Å². The van der Waals surface area contributed by atoms with Crippen LogP contribution in [0.5, 0.6) is 0 Å². The third kappa shape index (κ3) is 8.39. The summed E-state index contributed by atoms with van der Waals surface area (Å²) >= 11 is 0. The minimum atomic E-state index is -0.938. The molecule has 0 aromatic heterocycles. The molecular weight excluding hydrogens is 278 g/mol. The summed E-state index contributed by atoms with van der Waals surface area (Å²) in [5.41, 5.74) is 2.02. The number of hydrogen-bond donors (Lipinski definition) is 2. The van der Waals surface area contributed by atoms with E-state index in [9.17, 15) is 4.79 Å². The van der Waals surface area contributed by atoms with E-state index < -0.39 is 5.97 Å². The summed E-state index contributed by atoms with van der Waals surface area (Å²) in [6.07, 6.45) is 4.72. The summed E-state index contributed by atoms with van der Waals surface area (Å²) in [5.74, 6) is -0.780. The molecule has 0 amide bonds. The van der Waals surface area contributed by atoms with Gasteiger partial charge in [-0.3, -0.25) is 0 Å². The van der Waals surface area contributed by atoms with Gasteiger partial charge in [0.2, 0.25) is 0 Å². The molecule has 0 aliphatic carbocycles. The molecule has 2 unspecified atom stereocenters. The van der Waals surface area contributed by atoms with Gasteiger partial charge in [0.1, 0.15) is 0 Å². The van der Waals surface area contributed by atoms with Gasteiger partial charge in [-0.25, -0.2) is 4.79 Å². The normalized spacial score (nSPS) is 14.1. The number of ether oxygens (including phenoxy) is 1. The molecule has 122 valence electrons. The summed E-state index contributed by atoms with van der Waals surface area (Å²) in [5, 5.41) is 11.3. The maximum absolute atomic E-state index is 10.5. The minimum Gasteiger partial charge on any atom is -0.478 e. The first kappa shape index (κ1) is 20.1. The predicted octanol–water partition coefficient (Wildman–Crippen LogP) is 3.43. The van der Waals surface area contributed by atoms with Crippen LogP contribution in [0, 0.1) is 5.92 Å². The number of allylic oxidation sites excluding steroid dienone is 2. The average molecular weight is 305 g/mol. The average Bonchev–Trinajstić information content (AvgIpc) is 2.48. The highest BCUT2D eigenvalue weighted by molar-refractivity contribution is 5.80. The van der Waals surface area contributed by atoms with Crippen molar-refractivity contribution in [2.24, 2.45) is 5.92 Å². The monoisotopic (exact) mass is 305 g/mol. The van der Waals surface area contributed by atoms with E-state index in [1.807, 2.05) is 57.4 Å². The van der Waals surface area contributed by atoms with E-state index in [4.69, 9.17) is 9.84 Å². The Morgan fingerprint density at radius 2 is 1.77 bits per heavy atom. The Labute approximate surface area is 133 Å². The van der Waals surface area contributed by atoms with Crippen LogP contribution in [0.25, 0.3) is 0 Å². The molecule has 0 saturated carbocycles. The van der Waals surface area contributed by atoms with E-state index in [2.05, 4.69) is 12.2 Å². The van der Waals surface area contributed by atoms with Crippen LogP contribution in [-0.4, -0.2) is 32.3 Å². The van der Waals surface area contributed by atoms with Crippen LogP contribution in [0.15, 0.2) is 54.1 Å². The van der Waals surface area contributed by atoms with Crippen molar-refractivity contribution in [2.75, 3.05) is 21.2 Å². The van der Waals surface area contributed by atoms with E-state index in [0.717, 1.165) is 17.2 Å². The topological polar surface area (TPSA) is 58.6 Å². The van der Waals surface area contributed by atoms with Crippen molar-refractivity contribution in [3.8, 4) is 0 Å². The first-order chi connectivity index (χ1) is 10.5. The zero-order valence-electron chi connectivity index (χ0n) is 14.0. The summed E-state index contributed by atoms with van der Waals surface area (Å²) in [6, 6.07) is 9.99. The van der Waals surface area contributed by atoms with E-state index in [1.165, 1.54) is 0 Å². The molecule has 4 nitrogen and oxygen atoms in total. The fourth-order valence-electron chi connectivity index (χ4n) is 2.06. The summed E-state index contributed by atoms with van der Waals surface area (Å²) in [6.45, 7) is 3.94. The number of carbonyl (C=O) groups is 1. The van der Waals surface area contributed by atoms with Gasteiger partial charge in [-0.2, -0.15) is 0 Å². The van der Waals surface area contributed by atoms with E-state index in [0.29, 0.717) is 0 Å². The van der Waals surface area contributed by atoms with Gasteiger partial charge in [0.25, 0.3) is 0 Å². The highest BCUT2D eigenvalue weighted by Gasteiger charge is 2.16. The molecule has 1 aromatic rings. The number of nitrogens with one attached hydrogen (secondary N) is 1. The number of carboxylic acids is 1. The second kappa shape index (κ2) is 11.7. The maximum atomic E-state index is 10.5. The van der Waals surface area contributed by atoms with Crippen molar-refractivity contribution in [1.82, 2.24) is 5.32 Å². The third-order valence-corrected chi connectivity index (χ3v) is 2.87. The van der Waals surface area contributed by atoms with Crippen LogP contribution in [-0.2, 0) is 9.53 Å². The second-order valence-electron chi connectivity index (χ2n) is 5.01. The molecule has 0 fully saturated rings. The zero-order chi connectivity index (χ0) is 17.0. The fraction of sp³-hybridized carbons (Fsp3) is 0.389. The number of hydrogen-bond acceptors (Lipinski definition) is 3. The molecular formula is C18H27NO3. The smallest absolute Gasteiger partial charge is 0.328 e. The number of aliphatic carboxylic acids is 1. The lowest BCUT2D eigenvalue weighted by atomic mass is 9.95. The van der Waals surface area contributed by atoms with Crippen molar-refractivity contribution in [2.45, 2.75) is 20.0 Å². The Morgan fingerprint density at radius 1 is 1.23 bits per heavy atom. The third-order valence-electron chi connectivity index (χ3n) is 2.87. The Balaban J connectivity index is 0.00000135. The van der Waals surface area contributed by atoms with Crippen LogP contribution in [0.2, 0.25) is 0 Å². The van der Waals surface area contributed by atoms with Crippen LogP contribution in [0.1, 0.15) is 25.5 Å². The molecule has 0 aliphatic rings. The first-order valence-electron chi connectivity index (χ1n) is 7.21. The number of benzene rings is 1. The SMILES string of the molecule is CNC.COC(c1ccccc1)C(C)C=C(C)C=CC(=O)O. The Bertz CT molecular complexity index is 480. The van der Waals surface area contributed by atoms with Crippen molar-refractivity contribution < 1.29 is 14.6 Å². The van der Waals surface area contributed by atoms with E-state index >= 15 is 0 Å². The largest absolute Gasteiger partial charge is 0.478 e. The van der Waals surface area contributed by atoms with Gasteiger partial charge in [-0.15, -0.1) is 0 Å². The molecule has 0 heterocycles. The standard InChI is InChI=1S/C16H20O3.C2H7N/c1-12(9-10-15(17)18)11-13(2)16(19-3)14-7-5-4-6-8-14;1-3-2/h4-11,13,16H,1-3H3,(H,17,18);3H,1-2H3. The van der Waals surface area contributed by atoms with Crippen LogP contribution in [0.4, 0.5) is 0 Å². The number of methoxy groups -OCH3 is 1. The lowest BCUT2D eigenvalue weighted by molar-refractivity contribution is -0.131. The summed E-state index contributed by atoms with van der Waals surface area (Å²) in [7, 11) is 5.43. The Morgan fingerprint density at radius 3 is 2.23 bits per heavy atom. The molecule has 22 heavy (non-hydrogen) atoms. The Kier molecular flexibility index (Phi) is 10.7. The van der Waals surface area contributed by atoms with Gasteiger partial charge in [-0.1, -0.05) is 55.0 Å². The summed E-state index contributed by atoms with van der Waals surface area (Å²) < 4.78 is 5.54. The highest BCUT2D eigenvalue weighted by atomic mass is 16.5. The van der Waals surface area contributed by atoms with Crippen molar-refractivity contribution in [3.05, 3.63) is 59.7 Å². The lowest BCUT2D eigenvalue weighted by Gasteiger charge is -2.21. The van der Waals surface area contributed by atoms with Crippen LogP contribution < -0.4 is 5.32 Å². The van der Waals surface area contributed by atoms with Gasteiger partial charge in [0.15, 0.2) is 0 Å². The van der Waals surface area contributed by atoms with Gasteiger partial charge < -0.3 is 15.2 Å². The minimum absolute atomic E-state index is 0.0330. The first-order valence-corrected chi connectivity index (χ1v) is 7.21. The summed E-state index contributed by atoms with van der Waals surface area (Å²) in [4.78, 5) is 10.5. The molecule has 0 saturated heterocycles. The number of rotatable bonds is 6. The molecule has 2 N–H and O–H groups in total. The quantitative estimate of drug-likeness (QED) is 0.624. The maximum Gasteiger partial charge on any atom is 0.328 e. The highest BCUT2D eigenvalue weighted by Crippen LogP contribution is 2.27. The molecule has 0 aliphatic heterocycles. The Hall–Kier alpha value is -1.91. The predicted molar refractivity (Wildman–Crippen MR) is 90.9 cm³/mol. The molecule has 0 radical (unpaired) electrons.